The van der Waals surface area contributed by atoms with E-state index in [1.165, 1.54) is 0 Å². The van der Waals surface area contributed by atoms with Gasteiger partial charge in [0.15, 0.2) is 5.60 Å². The van der Waals surface area contributed by atoms with E-state index >= 15 is 0 Å². The Hall–Kier alpha value is -2.25. The third-order valence-corrected chi connectivity index (χ3v) is 6.24. The van der Waals surface area contributed by atoms with E-state index in [0.717, 1.165) is 0 Å². The number of hydroxylamine groups is 2. The van der Waals surface area contributed by atoms with Crippen molar-refractivity contribution in [3.8, 4) is 0 Å². The fraction of sp³-hybridized carbons (Fsp3) is 0.471. The molecule has 5 fully saturated rings. The highest BCUT2D eigenvalue weighted by molar-refractivity contribution is 6.21. The van der Waals surface area contributed by atoms with Crippen LogP contribution in [-0.4, -0.2) is 47.8 Å². The maximum absolute atomic E-state index is 12.7. The molecule has 4 heterocycles. The molecule has 6 aliphatic rings. The third-order valence-electron chi connectivity index (χ3n) is 6.24. The van der Waals surface area contributed by atoms with Crippen molar-refractivity contribution < 1.29 is 28.7 Å². The summed E-state index contributed by atoms with van der Waals surface area (Å²) in [6.07, 6.45) is 0.0449. The van der Waals surface area contributed by atoms with Crippen molar-refractivity contribution >= 4 is 17.8 Å². The van der Waals surface area contributed by atoms with Gasteiger partial charge in [-0.2, -0.15) is 0 Å². The average Bonchev–Trinajstić information content (AvgIpc) is 2.78. The van der Waals surface area contributed by atoms with E-state index in [1.54, 1.807) is 24.3 Å². The summed E-state index contributed by atoms with van der Waals surface area (Å²) in [6, 6.07) is 6.43. The predicted molar refractivity (Wildman–Crippen MR) is 75.4 cm³/mol. The number of hydrogen-bond acceptors (Lipinski definition) is 6. The van der Waals surface area contributed by atoms with E-state index in [2.05, 4.69) is 0 Å². The second-order valence-electron chi connectivity index (χ2n) is 7.12. The summed E-state index contributed by atoms with van der Waals surface area (Å²) in [6.45, 7) is 1.20. The number of benzene rings is 1. The lowest BCUT2D eigenvalue weighted by Gasteiger charge is -2.24. The molecule has 6 bridgehead atoms. The summed E-state index contributed by atoms with van der Waals surface area (Å²) in [5.74, 6) is -1.19. The molecule has 4 atom stereocenters. The van der Waals surface area contributed by atoms with Gasteiger partial charge in [0.05, 0.1) is 30.4 Å². The quantitative estimate of drug-likeness (QED) is 0.732. The molecular formula is C17H13NO6. The van der Waals surface area contributed by atoms with Crippen LogP contribution in [0.2, 0.25) is 0 Å². The highest BCUT2D eigenvalue weighted by atomic mass is 16.7. The van der Waals surface area contributed by atoms with Crippen LogP contribution in [0.3, 0.4) is 0 Å². The van der Waals surface area contributed by atoms with Gasteiger partial charge in [0, 0.05) is 23.7 Å². The molecule has 2 saturated carbocycles. The Bertz CT molecular complexity index is 781. The number of rotatable bonds is 2. The van der Waals surface area contributed by atoms with Crippen LogP contribution in [0.5, 0.6) is 0 Å². The zero-order valence-electron chi connectivity index (χ0n) is 12.5. The number of carbonyl (C=O) groups excluding carboxylic acids is 3. The predicted octanol–water partition coefficient (Wildman–Crippen LogP) is 0.401. The van der Waals surface area contributed by atoms with E-state index in [9.17, 15) is 14.4 Å². The van der Waals surface area contributed by atoms with Gasteiger partial charge in [-0.25, -0.2) is 4.79 Å². The van der Waals surface area contributed by atoms with Gasteiger partial charge >= 0.3 is 5.97 Å². The normalized spacial score (nSPS) is 43.2. The van der Waals surface area contributed by atoms with Gasteiger partial charge in [-0.05, 0) is 12.1 Å². The highest BCUT2D eigenvalue weighted by Gasteiger charge is 2.89. The first-order valence-electron chi connectivity index (χ1n) is 8.10. The van der Waals surface area contributed by atoms with Crippen LogP contribution in [-0.2, 0) is 19.1 Å². The van der Waals surface area contributed by atoms with Gasteiger partial charge in [0.1, 0.15) is 0 Å². The van der Waals surface area contributed by atoms with Gasteiger partial charge in [0.2, 0.25) is 0 Å². The molecule has 122 valence electrons. The SMILES string of the molecule is O=C1c2ccccc2C(=O)N1OC(=O)C12OC3C4COCC3C1C42. The van der Waals surface area contributed by atoms with Crippen LogP contribution in [0.1, 0.15) is 20.7 Å². The number of amides is 2. The van der Waals surface area contributed by atoms with Crippen LogP contribution in [0, 0.1) is 23.7 Å². The summed E-state index contributed by atoms with van der Waals surface area (Å²) < 4.78 is 11.5. The minimum Gasteiger partial charge on any atom is -0.381 e. The van der Waals surface area contributed by atoms with E-state index < -0.39 is 23.4 Å². The Morgan fingerprint density at radius 1 is 1.08 bits per heavy atom. The zero-order chi connectivity index (χ0) is 16.2. The van der Waals surface area contributed by atoms with Crippen molar-refractivity contribution in [1.82, 2.24) is 5.06 Å². The van der Waals surface area contributed by atoms with Gasteiger partial charge in [-0.1, -0.05) is 17.2 Å². The van der Waals surface area contributed by atoms with Crippen LogP contribution in [0.15, 0.2) is 24.3 Å². The molecule has 4 unspecified atom stereocenters. The molecule has 0 spiro atoms. The Labute approximate surface area is 136 Å². The van der Waals surface area contributed by atoms with Crippen LogP contribution in [0.4, 0.5) is 0 Å². The second kappa shape index (κ2) is 3.87. The minimum atomic E-state index is -0.973. The lowest BCUT2D eigenvalue weighted by molar-refractivity contribution is -0.184. The number of fused-ring (bicyclic) bond motifs is 1. The molecule has 2 aliphatic carbocycles. The first kappa shape index (κ1) is 13.1. The Balaban J connectivity index is 1.28. The molecule has 4 aliphatic heterocycles. The minimum absolute atomic E-state index is 0.0449. The molecule has 3 saturated heterocycles. The number of imide groups is 1. The molecule has 0 radical (unpaired) electrons. The van der Waals surface area contributed by atoms with E-state index in [0.29, 0.717) is 18.3 Å². The zero-order valence-corrected chi connectivity index (χ0v) is 12.5. The molecule has 2 amide bonds. The van der Waals surface area contributed by atoms with Crippen molar-refractivity contribution in [3.63, 3.8) is 0 Å². The molecule has 7 heteroatoms. The van der Waals surface area contributed by atoms with Crippen LogP contribution in [0.25, 0.3) is 0 Å². The molecule has 0 aromatic heterocycles. The average molecular weight is 327 g/mol. The number of nitrogens with zero attached hydrogens (tertiary/aromatic N) is 1. The summed E-state index contributed by atoms with van der Waals surface area (Å²) >= 11 is 0. The van der Waals surface area contributed by atoms with Crippen molar-refractivity contribution in [2.75, 3.05) is 13.2 Å². The first-order chi connectivity index (χ1) is 11.6. The summed E-state index contributed by atoms with van der Waals surface area (Å²) in [5.41, 5.74) is -0.469. The summed E-state index contributed by atoms with van der Waals surface area (Å²) in [4.78, 5) is 42.6. The second-order valence-corrected chi connectivity index (χ2v) is 7.12. The number of ether oxygens (including phenoxy) is 2. The smallest absolute Gasteiger partial charge is 0.365 e. The maximum atomic E-state index is 12.7. The Morgan fingerprint density at radius 2 is 1.67 bits per heavy atom. The third kappa shape index (κ3) is 1.21. The molecule has 1 aromatic rings. The fourth-order valence-electron chi connectivity index (χ4n) is 5.33. The van der Waals surface area contributed by atoms with E-state index in [1.807, 2.05) is 0 Å². The Morgan fingerprint density at radius 3 is 2.21 bits per heavy atom. The number of hydrogen-bond donors (Lipinski definition) is 0. The summed E-state index contributed by atoms with van der Waals surface area (Å²) in [5, 5.41) is 0.572. The fourth-order valence-corrected chi connectivity index (χ4v) is 5.33. The number of carbonyl (C=O) groups is 3. The van der Waals surface area contributed by atoms with Crippen molar-refractivity contribution in [3.05, 3.63) is 35.4 Å². The first-order valence-corrected chi connectivity index (χ1v) is 8.10. The highest BCUT2D eigenvalue weighted by Crippen LogP contribution is 2.76. The maximum Gasteiger partial charge on any atom is 0.365 e. The van der Waals surface area contributed by atoms with Gasteiger partial charge in [-0.3, -0.25) is 9.59 Å². The van der Waals surface area contributed by atoms with Gasteiger partial charge < -0.3 is 14.3 Å². The Kier molecular flexibility index (Phi) is 2.11. The van der Waals surface area contributed by atoms with E-state index in [4.69, 9.17) is 14.3 Å². The van der Waals surface area contributed by atoms with Crippen LogP contribution < -0.4 is 0 Å². The molecule has 24 heavy (non-hydrogen) atoms. The van der Waals surface area contributed by atoms with Crippen LogP contribution >= 0.6 is 0 Å². The van der Waals surface area contributed by atoms with Crippen molar-refractivity contribution in [1.29, 1.82) is 0 Å². The van der Waals surface area contributed by atoms with Gasteiger partial charge in [0.25, 0.3) is 11.8 Å². The molecule has 1 aromatic carbocycles. The molecular weight excluding hydrogens is 314 g/mol. The lowest BCUT2D eigenvalue weighted by Crippen LogP contribution is -2.39. The van der Waals surface area contributed by atoms with E-state index in [-0.39, 0.29) is 40.9 Å². The van der Waals surface area contributed by atoms with Gasteiger partial charge in [-0.15, -0.1) is 0 Å². The standard InChI is InChI=1S/C17H13NO6/c19-14-7-3-1-2-4-8(7)15(20)18(14)24-16(21)17-11-9-5-22-6-10(12(11)17)13(9)23-17/h1-4,9-13H,5-6H2. The lowest BCUT2D eigenvalue weighted by atomic mass is 9.92. The summed E-state index contributed by atoms with van der Waals surface area (Å²) in [7, 11) is 0. The largest absolute Gasteiger partial charge is 0.381 e. The molecule has 7 nitrogen and oxygen atoms in total. The monoisotopic (exact) mass is 327 g/mol. The molecule has 0 N–H and O–H groups in total. The van der Waals surface area contributed by atoms with Crippen molar-refractivity contribution in [2.24, 2.45) is 23.7 Å². The molecule has 7 rings (SSSR count). The van der Waals surface area contributed by atoms with Crippen molar-refractivity contribution in [2.45, 2.75) is 11.7 Å². The topological polar surface area (TPSA) is 82.1 Å².